The number of carbonyl (C=O) groups excluding carboxylic acids is 1. The van der Waals surface area contributed by atoms with Crippen LogP contribution in [0.25, 0.3) is 0 Å². The minimum absolute atomic E-state index is 0.387. The van der Waals surface area contributed by atoms with Crippen molar-refractivity contribution >= 4 is 17.7 Å². The first kappa shape index (κ1) is 14.7. The quantitative estimate of drug-likeness (QED) is 0.750. The molecule has 1 aromatic rings. The number of aliphatic carboxylic acids is 1. The molecule has 0 saturated carbocycles. The van der Waals surface area contributed by atoms with Crippen molar-refractivity contribution in [2.24, 2.45) is 0 Å². The summed E-state index contributed by atoms with van der Waals surface area (Å²) >= 11 is 0. The van der Waals surface area contributed by atoms with Crippen molar-refractivity contribution in [3.8, 4) is 5.88 Å². The van der Waals surface area contributed by atoms with E-state index in [4.69, 9.17) is 9.84 Å². The lowest BCUT2D eigenvalue weighted by molar-refractivity contribution is -0.142. The molecule has 0 fully saturated rings. The molecule has 0 spiro atoms. The number of anilines is 1. The van der Waals surface area contributed by atoms with Gasteiger partial charge in [0.1, 0.15) is 5.54 Å². The Hall–Kier alpha value is -2.31. The molecule has 0 aliphatic carbocycles. The molecule has 0 aliphatic heterocycles. The van der Waals surface area contributed by atoms with Crippen LogP contribution in [0, 0.1) is 0 Å². The number of hydrogen-bond acceptors (Lipinski definition) is 4. The zero-order valence-electron chi connectivity index (χ0n) is 11.1. The van der Waals surface area contributed by atoms with Crippen molar-refractivity contribution in [3.05, 3.63) is 18.3 Å². The second-order valence-electron chi connectivity index (χ2n) is 4.33. The van der Waals surface area contributed by atoms with Crippen LogP contribution >= 0.6 is 0 Å². The molecule has 104 valence electrons. The van der Waals surface area contributed by atoms with E-state index in [1.165, 1.54) is 20.0 Å². The Balaban J connectivity index is 2.67. The summed E-state index contributed by atoms with van der Waals surface area (Å²) in [6, 6.07) is 2.52. The number of ether oxygens (including phenoxy) is 1. The van der Waals surface area contributed by atoms with Gasteiger partial charge in [-0.1, -0.05) is 0 Å². The third-order valence-corrected chi connectivity index (χ3v) is 2.25. The van der Waals surface area contributed by atoms with Gasteiger partial charge in [0.25, 0.3) is 0 Å². The van der Waals surface area contributed by atoms with Gasteiger partial charge >= 0.3 is 12.0 Å². The van der Waals surface area contributed by atoms with E-state index in [0.29, 0.717) is 18.2 Å². The van der Waals surface area contributed by atoms with E-state index in [1.807, 2.05) is 6.92 Å². The summed E-state index contributed by atoms with van der Waals surface area (Å²) in [6.45, 7) is 5.08. The number of nitrogens with one attached hydrogen (secondary N) is 2. The van der Waals surface area contributed by atoms with E-state index >= 15 is 0 Å². The summed E-state index contributed by atoms with van der Waals surface area (Å²) in [5.41, 5.74) is -0.878. The lowest BCUT2D eigenvalue weighted by Crippen LogP contribution is -2.51. The minimum atomic E-state index is -1.35. The smallest absolute Gasteiger partial charge is 0.328 e. The van der Waals surface area contributed by atoms with Crippen LogP contribution in [0.1, 0.15) is 20.8 Å². The van der Waals surface area contributed by atoms with Crippen LogP contribution in [0.5, 0.6) is 5.88 Å². The number of rotatable bonds is 5. The molecule has 1 aromatic heterocycles. The van der Waals surface area contributed by atoms with E-state index in [1.54, 1.807) is 12.1 Å². The predicted molar refractivity (Wildman–Crippen MR) is 69.3 cm³/mol. The highest BCUT2D eigenvalue weighted by Gasteiger charge is 2.28. The van der Waals surface area contributed by atoms with Gasteiger partial charge in [-0.05, 0) is 26.8 Å². The van der Waals surface area contributed by atoms with Gasteiger partial charge in [-0.2, -0.15) is 0 Å². The fourth-order valence-electron chi connectivity index (χ4n) is 1.21. The van der Waals surface area contributed by atoms with E-state index in [9.17, 15) is 9.59 Å². The maximum absolute atomic E-state index is 11.7. The van der Waals surface area contributed by atoms with Gasteiger partial charge < -0.3 is 20.5 Å². The minimum Gasteiger partial charge on any atom is -0.480 e. The lowest BCUT2D eigenvalue weighted by atomic mass is 10.1. The van der Waals surface area contributed by atoms with Crippen molar-refractivity contribution in [3.63, 3.8) is 0 Å². The summed E-state index contributed by atoms with van der Waals surface area (Å²) in [7, 11) is 0. The van der Waals surface area contributed by atoms with Gasteiger partial charge in [0, 0.05) is 18.0 Å². The standard InChI is InChI=1S/C12H17N3O4/c1-4-19-9-7-8(5-6-13-9)14-11(18)15-12(2,3)10(16)17/h5-7H,4H2,1-3H3,(H,16,17)(H2,13,14,15,18). The molecule has 0 aromatic carbocycles. The molecule has 1 heterocycles. The molecule has 0 saturated heterocycles. The Labute approximate surface area is 111 Å². The Morgan fingerprint density at radius 3 is 2.74 bits per heavy atom. The molecule has 1 rings (SSSR count). The van der Waals surface area contributed by atoms with Crippen molar-refractivity contribution < 1.29 is 19.4 Å². The van der Waals surface area contributed by atoms with Gasteiger partial charge in [0.05, 0.1) is 6.61 Å². The summed E-state index contributed by atoms with van der Waals surface area (Å²) in [4.78, 5) is 26.5. The molecule has 3 N–H and O–H groups in total. The topological polar surface area (TPSA) is 101 Å². The number of carboxylic acids is 1. The Kier molecular flexibility index (Phi) is 4.68. The SMILES string of the molecule is CCOc1cc(NC(=O)NC(C)(C)C(=O)O)ccn1. The van der Waals surface area contributed by atoms with Crippen LogP contribution in [0.3, 0.4) is 0 Å². The van der Waals surface area contributed by atoms with Crippen molar-refractivity contribution in [2.75, 3.05) is 11.9 Å². The summed E-state index contributed by atoms with van der Waals surface area (Å²) in [5.74, 6) is -0.731. The average molecular weight is 267 g/mol. The zero-order valence-corrected chi connectivity index (χ0v) is 11.1. The number of aromatic nitrogens is 1. The monoisotopic (exact) mass is 267 g/mol. The van der Waals surface area contributed by atoms with Gasteiger partial charge in [0.2, 0.25) is 5.88 Å². The van der Waals surface area contributed by atoms with Gasteiger partial charge in [-0.3, -0.25) is 0 Å². The molecule has 0 bridgehead atoms. The van der Waals surface area contributed by atoms with Crippen molar-refractivity contribution in [1.29, 1.82) is 0 Å². The van der Waals surface area contributed by atoms with Crippen molar-refractivity contribution in [2.45, 2.75) is 26.3 Å². The van der Waals surface area contributed by atoms with Crippen LogP contribution < -0.4 is 15.4 Å². The summed E-state index contributed by atoms with van der Waals surface area (Å²) in [5, 5.41) is 13.8. The molecule has 19 heavy (non-hydrogen) atoms. The highest BCUT2D eigenvalue weighted by molar-refractivity contribution is 5.93. The fourth-order valence-corrected chi connectivity index (χ4v) is 1.21. The zero-order chi connectivity index (χ0) is 14.5. The Morgan fingerprint density at radius 1 is 1.47 bits per heavy atom. The van der Waals surface area contributed by atoms with Crippen LogP contribution in [0.15, 0.2) is 18.3 Å². The second-order valence-corrected chi connectivity index (χ2v) is 4.33. The highest BCUT2D eigenvalue weighted by atomic mass is 16.5. The van der Waals surface area contributed by atoms with Crippen molar-refractivity contribution in [1.82, 2.24) is 10.3 Å². The summed E-state index contributed by atoms with van der Waals surface area (Å²) in [6.07, 6.45) is 1.49. The number of nitrogens with zero attached hydrogens (tertiary/aromatic N) is 1. The molecule has 2 amide bonds. The lowest BCUT2D eigenvalue weighted by Gasteiger charge is -2.21. The number of carboxylic acid groups (broad SMARTS) is 1. The van der Waals surface area contributed by atoms with E-state index in [2.05, 4.69) is 15.6 Å². The summed E-state index contributed by atoms with van der Waals surface area (Å²) < 4.78 is 5.19. The van der Waals surface area contributed by atoms with Gasteiger partial charge in [-0.15, -0.1) is 0 Å². The van der Waals surface area contributed by atoms with Crippen LogP contribution in [0.2, 0.25) is 0 Å². The third kappa shape index (κ3) is 4.46. The molecule has 0 unspecified atom stereocenters. The van der Waals surface area contributed by atoms with Crippen LogP contribution in [-0.4, -0.2) is 34.2 Å². The average Bonchev–Trinajstić information content (AvgIpc) is 2.28. The highest BCUT2D eigenvalue weighted by Crippen LogP contribution is 2.14. The largest absolute Gasteiger partial charge is 0.480 e. The first-order valence-corrected chi connectivity index (χ1v) is 5.76. The molecule has 7 nitrogen and oxygen atoms in total. The number of urea groups is 1. The number of hydrogen-bond donors (Lipinski definition) is 3. The normalized spacial score (nSPS) is 10.7. The molecule has 0 atom stereocenters. The van der Waals surface area contributed by atoms with E-state index < -0.39 is 17.5 Å². The Morgan fingerprint density at radius 2 is 2.16 bits per heavy atom. The molecule has 0 aliphatic rings. The predicted octanol–water partition coefficient (Wildman–Crippen LogP) is 1.46. The Bertz CT molecular complexity index is 474. The number of pyridine rings is 1. The first-order chi connectivity index (χ1) is 8.85. The third-order valence-electron chi connectivity index (χ3n) is 2.25. The molecule has 0 radical (unpaired) electrons. The van der Waals surface area contributed by atoms with Gasteiger partial charge in [0.15, 0.2) is 0 Å². The second kappa shape index (κ2) is 6.03. The molecular formula is C12H17N3O4. The van der Waals surface area contributed by atoms with Crippen LogP contribution in [-0.2, 0) is 4.79 Å². The molecule has 7 heteroatoms. The van der Waals surface area contributed by atoms with Crippen LogP contribution in [0.4, 0.5) is 10.5 Å². The number of carbonyl (C=O) groups is 2. The number of amides is 2. The maximum atomic E-state index is 11.7. The van der Waals surface area contributed by atoms with Gasteiger partial charge in [-0.25, -0.2) is 14.6 Å². The maximum Gasteiger partial charge on any atom is 0.328 e. The van der Waals surface area contributed by atoms with E-state index in [0.717, 1.165) is 0 Å². The van der Waals surface area contributed by atoms with E-state index in [-0.39, 0.29) is 0 Å². The molecular weight excluding hydrogens is 250 g/mol. The first-order valence-electron chi connectivity index (χ1n) is 5.76. The fraction of sp³-hybridized carbons (Fsp3) is 0.417.